The van der Waals surface area contributed by atoms with Crippen LogP contribution in [-0.4, -0.2) is 22.8 Å². The molecular weight excluding hydrogens is 352 g/mol. The maximum absolute atomic E-state index is 13.0. The number of methoxy groups -OCH3 is 1. The Labute approximate surface area is 164 Å². The van der Waals surface area contributed by atoms with Gasteiger partial charge in [0.2, 0.25) is 0 Å². The Morgan fingerprint density at radius 3 is 2.75 bits per heavy atom. The molecule has 0 bridgehead atoms. The Hall–Kier alpha value is -3.28. The summed E-state index contributed by atoms with van der Waals surface area (Å²) in [4.78, 5) is 13.0. The first-order valence-corrected chi connectivity index (χ1v) is 9.41. The average molecular weight is 376 g/mol. The third-order valence-electron chi connectivity index (χ3n) is 5.23. The second kappa shape index (κ2) is 7.03. The molecule has 1 aliphatic rings. The van der Waals surface area contributed by atoms with Crippen molar-refractivity contribution in [3.8, 4) is 11.4 Å². The molecule has 6 heteroatoms. The summed E-state index contributed by atoms with van der Waals surface area (Å²) in [5, 5.41) is 7.59. The van der Waals surface area contributed by atoms with E-state index in [0.29, 0.717) is 22.8 Å². The van der Waals surface area contributed by atoms with Crippen LogP contribution < -0.4 is 15.8 Å². The Balaban J connectivity index is 1.72. The minimum absolute atomic E-state index is 0.249. The van der Waals surface area contributed by atoms with Crippen molar-refractivity contribution in [3.63, 3.8) is 0 Å². The lowest BCUT2D eigenvalue weighted by molar-refractivity contribution is 0.102. The average Bonchev–Trinajstić information content (AvgIpc) is 3.26. The lowest BCUT2D eigenvalue weighted by atomic mass is 10.1. The van der Waals surface area contributed by atoms with Gasteiger partial charge in [-0.1, -0.05) is 17.7 Å². The largest absolute Gasteiger partial charge is 0.497 e. The Kier molecular flexibility index (Phi) is 4.55. The summed E-state index contributed by atoms with van der Waals surface area (Å²) >= 11 is 0. The molecule has 1 heterocycles. The number of amides is 1. The summed E-state index contributed by atoms with van der Waals surface area (Å²) in [7, 11) is 1.58. The number of hydrogen-bond acceptors (Lipinski definition) is 4. The Morgan fingerprint density at radius 2 is 2.00 bits per heavy atom. The van der Waals surface area contributed by atoms with Crippen LogP contribution in [-0.2, 0) is 12.8 Å². The fourth-order valence-electron chi connectivity index (χ4n) is 3.81. The molecule has 0 spiro atoms. The van der Waals surface area contributed by atoms with Crippen molar-refractivity contribution in [1.82, 2.24) is 9.78 Å². The minimum atomic E-state index is -0.249. The molecule has 28 heavy (non-hydrogen) atoms. The first-order valence-electron chi connectivity index (χ1n) is 9.41. The molecule has 3 aromatic rings. The number of nitrogens with two attached hydrogens (primary N) is 1. The normalized spacial score (nSPS) is 12.7. The molecule has 0 aliphatic heterocycles. The molecule has 0 saturated heterocycles. The van der Waals surface area contributed by atoms with E-state index in [4.69, 9.17) is 15.6 Å². The summed E-state index contributed by atoms with van der Waals surface area (Å²) in [6, 6.07) is 11.5. The SMILES string of the molecule is COc1ccc(N)c(NC(=O)c2nn(-c3ccc(C)cc3C)c3c2CCC3)c1. The topological polar surface area (TPSA) is 82.2 Å². The van der Waals surface area contributed by atoms with Crippen molar-refractivity contribution in [2.45, 2.75) is 33.1 Å². The minimum Gasteiger partial charge on any atom is -0.497 e. The van der Waals surface area contributed by atoms with Crippen LogP contribution in [0, 0.1) is 13.8 Å². The van der Waals surface area contributed by atoms with Crippen LogP contribution in [0.5, 0.6) is 5.75 Å². The van der Waals surface area contributed by atoms with Crippen LogP contribution in [0.15, 0.2) is 36.4 Å². The molecule has 2 aromatic carbocycles. The molecule has 0 unspecified atom stereocenters. The number of carbonyl (C=O) groups is 1. The van der Waals surface area contributed by atoms with Crippen molar-refractivity contribution in [3.05, 3.63) is 64.5 Å². The molecule has 144 valence electrons. The molecule has 0 fully saturated rings. The Morgan fingerprint density at radius 1 is 1.18 bits per heavy atom. The third kappa shape index (κ3) is 3.11. The van der Waals surface area contributed by atoms with Gasteiger partial charge >= 0.3 is 0 Å². The van der Waals surface area contributed by atoms with Crippen LogP contribution in [0.3, 0.4) is 0 Å². The van der Waals surface area contributed by atoms with Crippen LogP contribution in [0.25, 0.3) is 5.69 Å². The molecule has 1 aromatic heterocycles. The summed E-state index contributed by atoms with van der Waals surface area (Å²) in [5.41, 5.74) is 13.0. The smallest absolute Gasteiger partial charge is 0.276 e. The molecule has 1 amide bonds. The quantitative estimate of drug-likeness (QED) is 0.678. The number of nitrogens with zero attached hydrogens (tertiary/aromatic N) is 2. The van der Waals surface area contributed by atoms with E-state index in [1.54, 1.807) is 25.3 Å². The van der Waals surface area contributed by atoms with Gasteiger partial charge in [0.15, 0.2) is 5.69 Å². The van der Waals surface area contributed by atoms with Gasteiger partial charge in [-0.2, -0.15) is 5.10 Å². The van der Waals surface area contributed by atoms with Crippen molar-refractivity contribution < 1.29 is 9.53 Å². The molecule has 0 atom stereocenters. The monoisotopic (exact) mass is 376 g/mol. The third-order valence-corrected chi connectivity index (χ3v) is 5.23. The van der Waals surface area contributed by atoms with Gasteiger partial charge in [-0.25, -0.2) is 4.68 Å². The Bertz CT molecular complexity index is 1070. The molecule has 0 radical (unpaired) electrons. The van der Waals surface area contributed by atoms with E-state index in [1.165, 1.54) is 5.56 Å². The fraction of sp³-hybridized carbons (Fsp3) is 0.273. The number of hydrogen-bond donors (Lipinski definition) is 2. The van der Waals surface area contributed by atoms with Gasteiger partial charge in [-0.3, -0.25) is 4.79 Å². The zero-order valence-electron chi connectivity index (χ0n) is 16.4. The molecule has 3 N–H and O–H groups in total. The number of nitrogens with one attached hydrogen (secondary N) is 1. The van der Waals surface area contributed by atoms with E-state index in [1.807, 2.05) is 4.68 Å². The van der Waals surface area contributed by atoms with Crippen LogP contribution in [0.2, 0.25) is 0 Å². The van der Waals surface area contributed by atoms with Crippen LogP contribution in [0.4, 0.5) is 11.4 Å². The number of rotatable bonds is 4. The predicted molar refractivity (Wildman–Crippen MR) is 110 cm³/mol. The number of ether oxygens (including phenoxy) is 1. The van der Waals surface area contributed by atoms with E-state index in [2.05, 4.69) is 37.4 Å². The highest BCUT2D eigenvalue weighted by molar-refractivity contribution is 6.05. The van der Waals surface area contributed by atoms with Gasteiger partial charge in [-0.05, 0) is 56.9 Å². The maximum atomic E-state index is 13.0. The molecule has 0 saturated carbocycles. The molecular formula is C22H24N4O2. The summed E-state index contributed by atoms with van der Waals surface area (Å²) in [6.45, 7) is 4.14. The van der Waals surface area contributed by atoms with Gasteiger partial charge in [0.1, 0.15) is 5.75 Å². The van der Waals surface area contributed by atoms with E-state index >= 15 is 0 Å². The highest BCUT2D eigenvalue weighted by Gasteiger charge is 2.27. The number of anilines is 2. The first kappa shape index (κ1) is 18.1. The number of nitrogen functional groups attached to an aromatic ring is 1. The van der Waals surface area contributed by atoms with Gasteiger partial charge in [0.25, 0.3) is 5.91 Å². The van der Waals surface area contributed by atoms with Crippen LogP contribution in [0.1, 0.15) is 39.3 Å². The standard InChI is InChI=1S/C22H24N4O2/c1-13-7-10-19(14(2)11-13)26-20-6-4-5-16(20)21(25-26)22(27)24-18-12-15(28-3)8-9-17(18)23/h7-12H,4-6,23H2,1-3H3,(H,24,27). The number of aromatic nitrogens is 2. The van der Waals surface area contributed by atoms with Crippen molar-refractivity contribution in [2.75, 3.05) is 18.2 Å². The second-order valence-corrected chi connectivity index (χ2v) is 7.24. The van der Waals surface area contributed by atoms with Gasteiger partial charge in [0.05, 0.1) is 24.2 Å². The predicted octanol–water partition coefficient (Wildman–Crippen LogP) is 3.82. The molecule has 6 nitrogen and oxygen atoms in total. The van der Waals surface area contributed by atoms with Crippen molar-refractivity contribution in [2.24, 2.45) is 0 Å². The number of carbonyl (C=O) groups excluding carboxylic acids is 1. The van der Waals surface area contributed by atoms with E-state index in [0.717, 1.165) is 41.8 Å². The maximum Gasteiger partial charge on any atom is 0.276 e. The van der Waals surface area contributed by atoms with E-state index in [9.17, 15) is 4.79 Å². The molecule has 4 rings (SSSR count). The molecule has 1 aliphatic carbocycles. The first-order chi connectivity index (χ1) is 13.5. The number of fused-ring (bicyclic) bond motifs is 1. The highest BCUT2D eigenvalue weighted by Crippen LogP contribution is 2.31. The lowest BCUT2D eigenvalue weighted by Crippen LogP contribution is -2.16. The zero-order valence-corrected chi connectivity index (χ0v) is 16.4. The van der Waals surface area contributed by atoms with Gasteiger partial charge < -0.3 is 15.8 Å². The fourth-order valence-corrected chi connectivity index (χ4v) is 3.81. The number of aryl methyl sites for hydroxylation is 2. The summed E-state index contributed by atoms with van der Waals surface area (Å²) in [5.74, 6) is 0.386. The summed E-state index contributed by atoms with van der Waals surface area (Å²) in [6.07, 6.45) is 2.81. The highest BCUT2D eigenvalue weighted by atomic mass is 16.5. The van der Waals surface area contributed by atoms with E-state index in [-0.39, 0.29) is 5.91 Å². The zero-order chi connectivity index (χ0) is 19.8. The number of benzene rings is 2. The van der Waals surface area contributed by atoms with Gasteiger partial charge in [-0.15, -0.1) is 0 Å². The van der Waals surface area contributed by atoms with Gasteiger partial charge in [0, 0.05) is 17.3 Å². The van der Waals surface area contributed by atoms with Crippen LogP contribution >= 0.6 is 0 Å². The van der Waals surface area contributed by atoms with E-state index < -0.39 is 0 Å². The van der Waals surface area contributed by atoms with Crippen molar-refractivity contribution in [1.29, 1.82) is 0 Å². The summed E-state index contributed by atoms with van der Waals surface area (Å²) < 4.78 is 7.16. The van der Waals surface area contributed by atoms with Crippen molar-refractivity contribution >= 4 is 17.3 Å². The second-order valence-electron chi connectivity index (χ2n) is 7.24. The lowest BCUT2D eigenvalue weighted by Gasteiger charge is -2.10.